The molecule has 3 heteroatoms. The second-order valence-electron chi connectivity index (χ2n) is 4.60. The number of aryl methyl sites for hydroxylation is 1. The van der Waals surface area contributed by atoms with Crippen LogP contribution in [0.25, 0.3) is 0 Å². The lowest BCUT2D eigenvalue weighted by atomic mass is 9.89. The second-order valence-corrected chi connectivity index (χ2v) is 5.78. The molecular formula is C13H19BrN2. The predicted molar refractivity (Wildman–Crippen MR) is 70.1 cm³/mol. The van der Waals surface area contributed by atoms with Gasteiger partial charge in [-0.2, -0.15) is 0 Å². The zero-order valence-corrected chi connectivity index (χ0v) is 11.6. The fourth-order valence-corrected chi connectivity index (χ4v) is 2.71. The molecule has 1 aliphatic rings. The molecule has 1 heterocycles. The van der Waals surface area contributed by atoms with E-state index in [-0.39, 0.29) is 0 Å². The Labute approximate surface area is 106 Å². The number of fused-ring (bicyclic) bond motifs is 1. The van der Waals surface area contributed by atoms with Crippen LogP contribution in [0.1, 0.15) is 56.0 Å². The number of halogens is 1. The molecule has 0 saturated heterocycles. The minimum Gasteiger partial charge on any atom is -0.241 e. The van der Waals surface area contributed by atoms with Gasteiger partial charge >= 0.3 is 0 Å². The summed E-state index contributed by atoms with van der Waals surface area (Å²) in [6.07, 6.45) is 7.75. The van der Waals surface area contributed by atoms with E-state index in [1.54, 1.807) is 6.33 Å². The number of hydrogen-bond acceptors (Lipinski definition) is 2. The molecule has 2 unspecified atom stereocenters. The summed E-state index contributed by atoms with van der Waals surface area (Å²) in [6, 6.07) is 0. The highest BCUT2D eigenvalue weighted by molar-refractivity contribution is 9.09. The molecule has 1 aliphatic carbocycles. The van der Waals surface area contributed by atoms with Crippen molar-refractivity contribution in [1.29, 1.82) is 0 Å². The maximum Gasteiger partial charge on any atom is 0.115 e. The van der Waals surface area contributed by atoms with Crippen molar-refractivity contribution in [1.82, 2.24) is 9.97 Å². The van der Waals surface area contributed by atoms with Crippen LogP contribution < -0.4 is 0 Å². The van der Waals surface area contributed by atoms with Gasteiger partial charge in [0, 0.05) is 16.4 Å². The number of hydrogen-bond donors (Lipinski definition) is 0. The van der Waals surface area contributed by atoms with Gasteiger partial charge in [0.05, 0.1) is 5.69 Å². The maximum atomic E-state index is 4.52. The van der Waals surface area contributed by atoms with Crippen LogP contribution in [0.4, 0.5) is 0 Å². The van der Waals surface area contributed by atoms with Gasteiger partial charge in [0.2, 0.25) is 0 Å². The molecule has 0 amide bonds. The van der Waals surface area contributed by atoms with Crippen molar-refractivity contribution in [2.75, 3.05) is 0 Å². The van der Waals surface area contributed by atoms with Crippen molar-refractivity contribution >= 4 is 15.9 Å². The van der Waals surface area contributed by atoms with Gasteiger partial charge in [0.15, 0.2) is 0 Å². The zero-order chi connectivity index (χ0) is 11.5. The monoisotopic (exact) mass is 282 g/mol. The van der Waals surface area contributed by atoms with E-state index in [9.17, 15) is 0 Å². The van der Waals surface area contributed by atoms with E-state index >= 15 is 0 Å². The lowest BCUT2D eigenvalue weighted by Crippen LogP contribution is -2.17. The first-order valence-corrected chi connectivity index (χ1v) is 7.12. The summed E-state index contributed by atoms with van der Waals surface area (Å²) in [4.78, 5) is 9.46. The summed E-state index contributed by atoms with van der Waals surface area (Å²) in [7, 11) is 0. The molecule has 0 aliphatic heterocycles. The van der Waals surface area contributed by atoms with E-state index in [1.165, 1.54) is 36.2 Å². The Morgan fingerprint density at radius 1 is 1.31 bits per heavy atom. The van der Waals surface area contributed by atoms with Gasteiger partial charge in [-0.3, -0.25) is 0 Å². The quantitative estimate of drug-likeness (QED) is 0.792. The van der Waals surface area contributed by atoms with Crippen LogP contribution in [0.3, 0.4) is 0 Å². The lowest BCUT2D eigenvalue weighted by molar-refractivity contribution is 0.614. The number of nitrogens with zero attached hydrogens (tertiary/aromatic N) is 2. The number of aromatic nitrogens is 2. The molecule has 2 nitrogen and oxygen atoms in total. The molecule has 0 N–H and O–H groups in total. The van der Waals surface area contributed by atoms with Crippen LogP contribution in [-0.2, 0) is 12.8 Å². The van der Waals surface area contributed by atoms with Crippen LogP contribution >= 0.6 is 15.9 Å². The first-order valence-electron chi connectivity index (χ1n) is 6.20. The molecule has 0 aromatic carbocycles. The highest BCUT2D eigenvalue weighted by Gasteiger charge is 2.22. The minimum atomic E-state index is 0.486. The van der Waals surface area contributed by atoms with E-state index in [0.29, 0.717) is 10.7 Å². The molecule has 1 aromatic rings. The van der Waals surface area contributed by atoms with E-state index in [4.69, 9.17) is 0 Å². The van der Waals surface area contributed by atoms with Crippen molar-refractivity contribution in [3.63, 3.8) is 0 Å². The average molecular weight is 283 g/mol. The van der Waals surface area contributed by atoms with Gasteiger partial charge < -0.3 is 0 Å². The van der Waals surface area contributed by atoms with Crippen LogP contribution in [0.5, 0.6) is 0 Å². The molecule has 16 heavy (non-hydrogen) atoms. The fraction of sp³-hybridized carbons (Fsp3) is 0.692. The Morgan fingerprint density at radius 3 is 2.81 bits per heavy atom. The highest BCUT2D eigenvalue weighted by Crippen LogP contribution is 2.31. The summed E-state index contributed by atoms with van der Waals surface area (Å²) in [6.45, 7) is 4.48. The molecule has 2 atom stereocenters. The SMILES string of the molecule is CCC(Br)C(C)c1ncnc2c1CCCC2. The predicted octanol–water partition coefficient (Wildman–Crippen LogP) is 3.63. The molecule has 0 bridgehead atoms. The van der Waals surface area contributed by atoms with Crippen molar-refractivity contribution in [3.05, 3.63) is 23.3 Å². The first-order chi connectivity index (χ1) is 7.74. The summed E-state index contributed by atoms with van der Waals surface area (Å²) in [5, 5.41) is 0. The van der Waals surface area contributed by atoms with Gasteiger partial charge in [-0.15, -0.1) is 0 Å². The topological polar surface area (TPSA) is 25.8 Å². The van der Waals surface area contributed by atoms with E-state index in [1.807, 2.05) is 0 Å². The normalized spacial score (nSPS) is 18.9. The Hall–Kier alpha value is -0.440. The summed E-state index contributed by atoms with van der Waals surface area (Å²) in [5.41, 5.74) is 3.99. The molecule has 1 aromatic heterocycles. The van der Waals surface area contributed by atoms with Crippen molar-refractivity contribution < 1.29 is 0 Å². The average Bonchev–Trinajstić information content (AvgIpc) is 2.36. The first kappa shape index (κ1) is 12.0. The van der Waals surface area contributed by atoms with Crippen LogP contribution in [0.15, 0.2) is 6.33 Å². The molecule has 2 rings (SSSR count). The Morgan fingerprint density at radius 2 is 2.06 bits per heavy atom. The van der Waals surface area contributed by atoms with Crippen LogP contribution in [0.2, 0.25) is 0 Å². The largest absolute Gasteiger partial charge is 0.241 e. The third kappa shape index (κ3) is 2.29. The van der Waals surface area contributed by atoms with Crippen molar-refractivity contribution in [2.24, 2.45) is 0 Å². The van der Waals surface area contributed by atoms with Crippen LogP contribution in [-0.4, -0.2) is 14.8 Å². The Bertz CT molecular complexity index is 365. The maximum absolute atomic E-state index is 4.52. The Balaban J connectivity index is 2.33. The summed E-state index contributed by atoms with van der Waals surface area (Å²) >= 11 is 3.75. The fourth-order valence-electron chi connectivity index (χ4n) is 2.46. The number of alkyl halides is 1. The molecule has 0 spiro atoms. The van der Waals surface area contributed by atoms with Gasteiger partial charge in [0.1, 0.15) is 6.33 Å². The van der Waals surface area contributed by atoms with E-state index in [2.05, 4.69) is 39.7 Å². The third-order valence-corrected chi connectivity index (χ3v) is 4.96. The standard InChI is InChI=1S/C13H19BrN2/c1-3-11(14)9(2)13-10-6-4-5-7-12(10)15-8-16-13/h8-9,11H,3-7H2,1-2H3. The summed E-state index contributed by atoms with van der Waals surface area (Å²) in [5.74, 6) is 0.486. The number of rotatable bonds is 3. The third-order valence-electron chi connectivity index (χ3n) is 3.52. The zero-order valence-electron chi connectivity index (χ0n) is 10.0. The molecular weight excluding hydrogens is 264 g/mol. The lowest BCUT2D eigenvalue weighted by Gasteiger charge is -2.23. The summed E-state index contributed by atoms with van der Waals surface area (Å²) < 4.78 is 0. The molecule has 88 valence electrons. The van der Waals surface area contributed by atoms with Crippen LogP contribution in [0, 0.1) is 0 Å². The molecule has 0 saturated carbocycles. The molecule has 0 radical (unpaired) electrons. The van der Waals surface area contributed by atoms with Gasteiger partial charge in [-0.1, -0.05) is 29.8 Å². The van der Waals surface area contributed by atoms with Gasteiger partial charge in [-0.25, -0.2) is 9.97 Å². The van der Waals surface area contributed by atoms with Gasteiger partial charge in [0.25, 0.3) is 0 Å². The smallest absolute Gasteiger partial charge is 0.115 e. The molecule has 0 fully saturated rings. The van der Waals surface area contributed by atoms with E-state index < -0.39 is 0 Å². The van der Waals surface area contributed by atoms with Crippen molar-refractivity contribution in [2.45, 2.75) is 56.7 Å². The Kier molecular flexibility index (Phi) is 3.95. The van der Waals surface area contributed by atoms with Gasteiger partial charge in [-0.05, 0) is 37.7 Å². The second kappa shape index (κ2) is 5.26. The highest BCUT2D eigenvalue weighted by atomic mass is 79.9. The van der Waals surface area contributed by atoms with E-state index in [0.717, 1.165) is 12.8 Å². The van der Waals surface area contributed by atoms with Crippen molar-refractivity contribution in [3.8, 4) is 0 Å². The minimum absolute atomic E-state index is 0.486.